The van der Waals surface area contributed by atoms with Crippen molar-refractivity contribution in [2.24, 2.45) is 4.99 Å². The average Bonchev–Trinajstić information content (AvgIpc) is 3.26. The molecule has 3 aromatic rings. The summed E-state index contributed by atoms with van der Waals surface area (Å²) in [6, 6.07) is 11.8. The lowest BCUT2D eigenvalue weighted by Crippen LogP contribution is -2.40. The summed E-state index contributed by atoms with van der Waals surface area (Å²) in [6.45, 7) is 5.39. The number of nitro groups is 1. The molecule has 0 N–H and O–H groups in total. The lowest BCUT2D eigenvalue weighted by Gasteiger charge is -2.30. The van der Waals surface area contributed by atoms with Gasteiger partial charge >= 0.3 is 5.97 Å². The van der Waals surface area contributed by atoms with Crippen LogP contribution in [0.5, 0.6) is 0 Å². The molecule has 3 heterocycles. The van der Waals surface area contributed by atoms with Gasteiger partial charge in [-0.05, 0) is 62.9 Å². The number of nitro benzene ring substituents is 1. The van der Waals surface area contributed by atoms with Gasteiger partial charge in [0.05, 0.1) is 33.4 Å². The molecule has 0 saturated carbocycles. The Morgan fingerprint density at radius 1 is 1.17 bits per heavy atom. The average molecular weight is 576 g/mol. The molecular formula is C30H33N5O5S. The number of anilines is 2. The molecule has 0 radical (unpaired) electrons. The number of rotatable bonds is 7. The summed E-state index contributed by atoms with van der Waals surface area (Å²) >= 11 is 1.21. The Kier molecular flexibility index (Phi) is 8.07. The highest BCUT2D eigenvalue weighted by atomic mass is 32.1. The number of piperidine rings is 1. The van der Waals surface area contributed by atoms with Crippen LogP contribution in [0.4, 0.5) is 17.1 Å². The standard InChI is InChI=1S/C30H33N5O5S/c1-5-40-29(37)26-19(2)31-30-34(27(26)20-9-11-22(12-10-20)32(3)4)28(36)25(41-30)18-21-17-23(35(38)39)13-14-24(21)33-15-7-6-8-16-33/h9-14,17-18,27H,5-8,15-16H2,1-4H3/b25-18+. The van der Waals surface area contributed by atoms with Crippen LogP contribution in [0, 0.1) is 10.1 Å². The Labute approximate surface area is 241 Å². The van der Waals surface area contributed by atoms with Gasteiger partial charge in [0.1, 0.15) is 0 Å². The Bertz CT molecular complexity index is 1700. The van der Waals surface area contributed by atoms with Crippen LogP contribution in [0.25, 0.3) is 6.08 Å². The van der Waals surface area contributed by atoms with Crippen molar-refractivity contribution in [2.75, 3.05) is 43.6 Å². The van der Waals surface area contributed by atoms with Gasteiger partial charge in [-0.15, -0.1) is 0 Å². The van der Waals surface area contributed by atoms with E-state index in [9.17, 15) is 19.7 Å². The maximum absolute atomic E-state index is 14.1. The predicted octanol–water partition coefficient (Wildman–Crippen LogP) is 3.76. The molecule has 1 unspecified atom stereocenters. The number of carbonyl (C=O) groups is 1. The summed E-state index contributed by atoms with van der Waals surface area (Å²) in [6.07, 6.45) is 4.95. The Balaban J connectivity index is 1.70. The maximum atomic E-state index is 14.1. The number of fused-ring (bicyclic) bond motifs is 1. The van der Waals surface area contributed by atoms with Crippen LogP contribution in [-0.4, -0.2) is 49.3 Å². The summed E-state index contributed by atoms with van der Waals surface area (Å²) in [5, 5.41) is 11.6. The monoisotopic (exact) mass is 575 g/mol. The lowest BCUT2D eigenvalue weighted by atomic mass is 9.95. The van der Waals surface area contributed by atoms with E-state index in [4.69, 9.17) is 4.74 Å². The second-order valence-electron chi connectivity index (χ2n) is 10.3. The first-order valence-corrected chi connectivity index (χ1v) is 14.5. The summed E-state index contributed by atoms with van der Waals surface area (Å²) in [4.78, 5) is 47.7. The zero-order valence-electron chi connectivity index (χ0n) is 23.6. The highest BCUT2D eigenvalue weighted by Gasteiger charge is 2.33. The van der Waals surface area contributed by atoms with E-state index >= 15 is 0 Å². The van der Waals surface area contributed by atoms with Crippen LogP contribution in [0.2, 0.25) is 0 Å². The summed E-state index contributed by atoms with van der Waals surface area (Å²) in [5.74, 6) is -0.518. The minimum absolute atomic E-state index is 0.0379. The first-order chi connectivity index (χ1) is 19.7. The molecule has 214 valence electrons. The second kappa shape index (κ2) is 11.7. The number of benzene rings is 2. The van der Waals surface area contributed by atoms with Crippen molar-refractivity contribution in [1.29, 1.82) is 0 Å². The number of non-ortho nitro benzene ring substituents is 1. The molecule has 0 spiro atoms. The van der Waals surface area contributed by atoms with Gasteiger partial charge in [0.25, 0.3) is 11.2 Å². The Hall–Kier alpha value is -4.25. The van der Waals surface area contributed by atoms with Crippen LogP contribution in [0.1, 0.15) is 50.3 Å². The number of nitrogens with zero attached hydrogens (tertiary/aromatic N) is 5. The van der Waals surface area contributed by atoms with Crippen LogP contribution in [0.15, 0.2) is 63.5 Å². The van der Waals surface area contributed by atoms with Crippen molar-refractivity contribution < 1.29 is 14.5 Å². The third-order valence-electron chi connectivity index (χ3n) is 7.45. The molecule has 10 nitrogen and oxygen atoms in total. The van der Waals surface area contributed by atoms with Gasteiger partial charge in [0, 0.05) is 56.3 Å². The molecule has 1 saturated heterocycles. The topological polar surface area (TPSA) is 110 Å². The third-order valence-corrected chi connectivity index (χ3v) is 8.43. The maximum Gasteiger partial charge on any atom is 0.338 e. The molecule has 1 fully saturated rings. The fourth-order valence-corrected chi connectivity index (χ4v) is 6.43. The molecule has 0 aliphatic carbocycles. The van der Waals surface area contributed by atoms with Gasteiger partial charge < -0.3 is 14.5 Å². The molecule has 1 atom stereocenters. The minimum Gasteiger partial charge on any atom is -0.463 e. The third kappa shape index (κ3) is 5.54. The Morgan fingerprint density at radius 3 is 2.51 bits per heavy atom. The van der Waals surface area contributed by atoms with Crippen LogP contribution >= 0.6 is 11.3 Å². The van der Waals surface area contributed by atoms with Crippen molar-refractivity contribution in [1.82, 2.24) is 4.57 Å². The first kappa shape index (κ1) is 28.3. The fraction of sp³-hybridized carbons (Fsp3) is 0.367. The number of esters is 1. The van der Waals surface area contributed by atoms with Crippen LogP contribution in [0.3, 0.4) is 0 Å². The van der Waals surface area contributed by atoms with Crippen LogP contribution < -0.4 is 24.7 Å². The van der Waals surface area contributed by atoms with E-state index in [1.807, 2.05) is 43.3 Å². The van der Waals surface area contributed by atoms with Crippen LogP contribution in [-0.2, 0) is 9.53 Å². The first-order valence-electron chi connectivity index (χ1n) is 13.7. The molecule has 11 heteroatoms. The van der Waals surface area contributed by atoms with Gasteiger partial charge in [-0.25, -0.2) is 9.79 Å². The molecular weight excluding hydrogens is 542 g/mol. The predicted molar refractivity (Wildman–Crippen MR) is 160 cm³/mol. The van der Waals surface area contributed by atoms with E-state index in [1.165, 1.54) is 23.5 Å². The fourth-order valence-electron chi connectivity index (χ4n) is 5.40. The molecule has 1 aromatic heterocycles. The molecule has 2 aliphatic heterocycles. The van der Waals surface area contributed by atoms with E-state index in [-0.39, 0.29) is 17.9 Å². The van der Waals surface area contributed by atoms with E-state index in [0.717, 1.165) is 49.3 Å². The molecule has 2 aromatic carbocycles. The van der Waals surface area contributed by atoms with Crippen molar-refractivity contribution in [3.63, 3.8) is 0 Å². The molecule has 0 bridgehead atoms. The zero-order chi connectivity index (χ0) is 29.3. The van der Waals surface area contributed by atoms with Gasteiger partial charge in [0.15, 0.2) is 4.80 Å². The molecule has 0 amide bonds. The number of ether oxygens (including phenoxy) is 1. The van der Waals surface area contributed by atoms with Gasteiger partial charge in [-0.1, -0.05) is 23.5 Å². The lowest BCUT2D eigenvalue weighted by molar-refractivity contribution is -0.384. The van der Waals surface area contributed by atoms with E-state index in [2.05, 4.69) is 9.89 Å². The van der Waals surface area contributed by atoms with Crippen molar-refractivity contribution >= 4 is 40.4 Å². The zero-order valence-corrected chi connectivity index (χ0v) is 24.4. The molecule has 41 heavy (non-hydrogen) atoms. The quantitative estimate of drug-likeness (QED) is 0.240. The number of thiazole rings is 1. The normalized spacial score (nSPS) is 17.2. The molecule has 2 aliphatic rings. The smallest absolute Gasteiger partial charge is 0.338 e. The summed E-state index contributed by atoms with van der Waals surface area (Å²) in [7, 11) is 3.89. The Morgan fingerprint density at radius 2 is 1.88 bits per heavy atom. The minimum atomic E-state index is -0.727. The summed E-state index contributed by atoms with van der Waals surface area (Å²) in [5.41, 5.74) is 3.65. The van der Waals surface area contributed by atoms with Crippen molar-refractivity contribution in [3.05, 3.63) is 94.7 Å². The van der Waals surface area contributed by atoms with Gasteiger partial charge in [-0.2, -0.15) is 0 Å². The largest absolute Gasteiger partial charge is 0.463 e. The van der Waals surface area contributed by atoms with E-state index in [0.29, 0.717) is 26.2 Å². The van der Waals surface area contributed by atoms with Gasteiger partial charge in [-0.3, -0.25) is 19.5 Å². The van der Waals surface area contributed by atoms with Gasteiger partial charge in [0.2, 0.25) is 0 Å². The SMILES string of the molecule is CCOC(=O)C1=C(C)N=c2s/c(=C/c3cc([N+](=O)[O-])ccc3N3CCCCC3)c(=O)n2C1c1ccc(N(C)C)cc1. The second-order valence-corrected chi connectivity index (χ2v) is 11.3. The number of aromatic nitrogens is 1. The number of hydrogen-bond acceptors (Lipinski definition) is 9. The highest BCUT2D eigenvalue weighted by molar-refractivity contribution is 7.07. The number of allylic oxidation sites excluding steroid dienone is 1. The summed E-state index contributed by atoms with van der Waals surface area (Å²) < 4.78 is 7.31. The highest BCUT2D eigenvalue weighted by Crippen LogP contribution is 2.32. The van der Waals surface area contributed by atoms with E-state index < -0.39 is 16.9 Å². The molecule has 5 rings (SSSR count). The number of hydrogen-bond donors (Lipinski definition) is 0. The van der Waals surface area contributed by atoms with Crippen molar-refractivity contribution in [2.45, 2.75) is 39.2 Å². The van der Waals surface area contributed by atoms with E-state index in [1.54, 1.807) is 30.6 Å². The van der Waals surface area contributed by atoms with Crippen molar-refractivity contribution in [3.8, 4) is 0 Å². The number of carbonyl (C=O) groups excluding carboxylic acids is 1.